The molecule has 4 nitrogen and oxygen atoms in total. The summed E-state index contributed by atoms with van der Waals surface area (Å²) in [5, 5.41) is 0. The summed E-state index contributed by atoms with van der Waals surface area (Å²) >= 11 is 0. The number of nitrogens with zero attached hydrogens (tertiary/aromatic N) is 1. The second kappa shape index (κ2) is 5.96. The molecule has 1 amide bonds. The van der Waals surface area contributed by atoms with E-state index in [1.807, 2.05) is 29.2 Å². The van der Waals surface area contributed by atoms with Gasteiger partial charge in [-0.05, 0) is 42.5 Å². The van der Waals surface area contributed by atoms with E-state index in [-0.39, 0.29) is 5.41 Å². The maximum Gasteiger partial charge on any atom is 0.223 e. The predicted molar refractivity (Wildman–Crippen MR) is 80.6 cm³/mol. The highest BCUT2D eigenvalue weighted by atomic mass is 16.5. The normalized spacial score (nSPS) is 20.2. The molecule has 114 valence electrons. The summed E-state index contributed by atoms with van der Waals surface area (Å²) in [6.45, 7) is 2.17. The highest BCUT2D eigenvalue weighted by molar-refractivity contribution is 5.79. The Labute approximate surface area is 126 Å². The molecule has 0 unspecified atom stereocenters. The van der Waals surface area contributed by atoms with E-state index >= 15 is 0 Å². The zero-order valence-electron chi connectivity index (χ0n) is 12.6. The fraction of sp³-hybridized carbons (Fsp3) is 0.588. The number of hydrogen-bond donors (Lipinski definition) is 0. The van der Waals surface area contributed by atoms with E-state index in [0.29, 0.717) is 19.1 Å². The maximum absolute atomic E-state index is 12.1. The second-order valence-electron chi connectivity index (χ2n) is 6.22. The first kappa shape index (κ1) is 14.2. The largest absolute Gasteiger partial charge is 0.497 e. The number of hydrogen-bond acceptors (Lipinski definition) is 3. The van der Waals surface area contributed by atoms with Gasteiger partial charge in [0.2, 0.25) is 5.91 Å². The van der Waals surface area contributed by atoms with Crippen molar-refractivity contribution in [2.75, 3.05) is 26.8 Å². The van der Waals surface area contributed by atoms with Gasteiger partial charge in [0.15, 0.2) is 0 Å². The van der Waals surface area contributed by atoms with Crippen LogP contribution >= 0.6 is 0 Å². The fourth-order valence-electron chi connectivity index (χ4n) is 3.59. The lowest BCUT2D eigenvalue weighted by Crippen LogP contribution is -2.31. The lowest BCUT2D eigenvalue weighted by atomic mass is 9.85. The van der Waals surface area contributed by atoms with Gasteiger partial charge in [-0.1, -0.05) is 12.8 Å². The minimum Gasteiger partial charge on any atom is -0.497 e. The Morgan fingerprint density at radius 1 is 1.14 bits per heavy atom. The maximum atomic E-state index is 12.1. The highest BCUT2D eigenvalue weighted by Gasteiger charge is 2.44. The predicted octanol–water partition coefficient (Wildman–Crippen LogP) is 2.87. The third-order valence-corrected chi connectivity index (χ3v) is 4.76. The van der Waals surface area contributed by atoms with Crippen molar-refractivity contribution < 1.29 is 14.3 Å². The van der Waals surface area contributed by atoms with Crippen molar-refractivity contribution in [1.82, 2.24) is 4.90 Å². The number of carbonyl (C=O) groups excluding carboxylic acids is 1. The van der Waals surface area contributed by atoms with Gasteiger partial charge < -0.3 is 14.4 Å². The number of carbonyl (C=O) groups is 1. The monoisotopic (exact) mass is 289 g/mol. The number of benzene rings is 1. The Hall–Kier alpha value is -1.71. The average Bonchev–Trinajstić information content (AvgIpc) is 3.07. The summed E-state index contributed by atoms with van der Waals surface area (Å²) in [5.41, 5.74) is 0.289. The van der Waals surface area contributed by atoms with E-state index in [4.69, 9.17) is 9.47 Å². The van der Waals surface area contributed by atoms with Crippen molar-refractivity contribution >= 4 is 5.91 Å². The smallest absolute Gasteiger partial charge is 0.223 e. The molecular weight excluding hydrogens is 266 g/mol. The van der Waals surface area contributed by atoms with Gasteiger partial charge in [-0.15, -0.1) is 0 Å². The second-order valence-corrected chi connectivity index (χ2v) is 6.22. The Morgan fingerprint density at radius 3 is 2.48 bits per heavy atom. The average molecular weight is 289 g/mol. The van der Waals surface area contributed by atoms with E-state index in [0.717, 1.165) is 24.5 Å². The van der Waals surface area contributed by atoms with Crippen molar-refractivity contribution in [3.63, 3.8) is 0 Å². The Kier molecular flexibility index (Phi) is 4.04. The van der Waals surface area contributed by atoms with E-state index in [9.17, 15) is 4.79 Å². The number of likely N-dealkylation sites (tertiary alicyclic amines) is 1. The number of methoxy groups -OCH3 is 1. The summed E-state index contributed by atoms with van der Waals surface area (Å²) < 4.78 is 10.8. The molecule has 1 aliphatic heterocycles. The molecule has 0 aromatic heterocycles. The molecule has 2 aliphatic rings. The molecule has 1 spiro atoms. The van der Waals surface area contributed by atoms with Crippen LogP contribution in [0.4, 0.5) is 0 Å². The van der Waals surface area contributed by atoms with Crippen molar-refractivity contribution in [3.05, 3.63) is 24.3 Å². The number of ether oxygens (including phenoxy) is 2. The fourth-order valence-corrected chi connectivity index (χ4v) is 3.59. The summed E-state index contributed by atoms with van der Waals surface area (Å²) in [6, 6.07) is 7.54. The van der Waals surface area contributed by atoms with Crippen molar-refractivity contribution in [2.45, 2.75) is 32.1 Å². The van der Waals surface area contributed by atoms with Crippen LogP contribution in [0, 0.1) is 5.41 Å². The van der Waals surface area contributed by atoms with Crippen LogP contribution in [-0.2, 0) is 4.79 Å². The first-order valence-corrected chi connectivity index (χ1v) is 7.75. The van der Waals surface area contributed by atoms with Crippen LogP contribution in [0.5, 0.6) is 11.5 Å². The quantitative estimate of drug-likeness (QED) is 0.836. The van der Waals surface area contributed by atoms with E-state index < -0.39 is 0 Å². The molecule has 1 aliphatic carbocycles. The van der Waals surface area contributed by atoms with Crippen LogP contribution in [0.1, 0.15) is 32.1 Å². The van der Waals surface area contributed by atoms with Gasteiger partial charge in [-0.25, -0.2) is 0 Å². The van der Waals surface area contributed by atoms with Crippen molar-refractivity contribution in [3.8, 4) is 11.5 Å². The number of amides is 1. The molecule has 3 rings (SSSR count). The molecule has 1 saturated heterocycles. The molecule has 1 heterocycles. The van der Waals surface area contributed by atoms with Crippen LogP contribution in [-0.4, -0.2) is 37.6 Å². The van der Waals surface area contributed by atoms with Gasteiger partial charge in [-0.2, -0.15) is 0 Å². The van der Waals surface area contributed by atoms with Gasteiger partial charge in [0.1, 0.15) is 18.1 Å². The minimum atomic E-state index is 0.289. The van der Waals surface area contributed by atoms with Crippen molar-refractivity contribution in [2.24, 2.45) is 5.41 Å². The van der Waals surface area contributed by atoms with Gasteiger partial charge in [0.05, 0.1) is 13.7 Å². The van der Waals surface area contributed by atoms with Gasteiger partial charge in [0.25, 0.3) is 0 Å². The molecule has 0 N–H and O–H groups in total. The minimum absolute atomic E-state index is 0.289. The van der Waals surface area contributed by atoms with E-state index in [1.165, 1.54) is 25.7 Å². The summed E-state index contributed by atoms with van der Waals surface area (Å²) in [5.74, 6) is 1.94. The Balaban J connectivity index is 1.47. The molecule has 1 saturated carbocycles. The van der Waals surface area contributed by atoms with Crippen LogP contribution in [0.25, 0.3) is 0 Å². The molecule has 1 aromatic rings. The van der Waals surface area contributed by atoms with Crippen LogP contribution in [0.15, 0.2) is 24.3 Å². The van der Waals surface area contributed by atoms with Crippen LogP contribution in [0.3, 0.4) is 0 Å². The SMILES string of the molecule is COc1ccc(OCCN2CC3(CCCC3)CC2=O)cc1. The zero-order valence-corrected chi connectivity index (χ0v) is 12.6. The standard InChI is InChI=1S/C17H23NO3/c1-20-14-4-6-15(7-5-14)21-11-10-18-13-17(12-16(18)19)8-2-3-9-17/h4-7H,2-3,8-13H2,1H3. The third kappa shape index (κ3) is 3.14. The van der Waals surface area contributed by atoms with Gasteiger partial charge in [0, 0.05) is 13.0 Å². The van der Waals surface area contributed by atoms with Gasteiger partial charge in [-0.3, -0.25) is 4.79 Å². The van der Waals surface area contributed by atoms with Crippen LogP contribution in [0.2, 0.25) is 0 Å². The van der Waals surface area contributed by atoms with Crippen molar-refractivity contribution in [1.29, 1.82) is 0 Å². The Bertz CT molecular complexity index is 491. The molecule has 0 radical (unpaired) electrons. The van der Waals surface area contributed by atoms with Gasteiger partial charge >= 0.3 is 0 Å². The van der Waals surface area contributed by atoms with E-state index in [2.05, 4.69) is 0 Å². The highest BCUT2D eigenvalue weighted by Crippen LogP contribution is 2.45. The third-order valence-electron chi connectivity index (χ3n) is 4.76. The first-order chi connectivity index (χ1) is 10.2. The van der Waals surface area contributed by atoms with E-state index in [1.54, 1.807) is 7.11 Å². The lowest BCUT2D eigenvalue weighted by Gasteiger charge is -2.23. The molecule has 0 bridgehead atoms. The zero-order chi connectivity index (χ0) is 14.7. The summed E-state index contributed by atoms with van der Waals surface area (Å²) in [7, 11) is 1.65. The lowest BCUT2D eigenvalue weighted by molar-refractivity contribution is -0.128. The molecule has 21 heavy (non-hydrogen) atoms. The topological polar surface area (TPSA) is 38.8 Å². The molecule has 2 fully saturated rings. The number of rotatable bonds is 5. The molecule has 0 atom stereocenters. The molecule has 4 heteroatoms. The summed E-state index contributed by atoms with van der Waals surface area (Å²) in [6.07, 6.45) is 5.74. The van der Waals surface area contributed by atoms with Crippen LogP contribution < -0.4 is 9.47 Å². The Morgan fingerprint density at radius 2 is 1.81 bits per heavy atom. The summed E-state index contributed by atoms with van der Waals surface area (Å²) in [4.78, 5) is 14.1. The molecule has 1 aromatic carbocycles. The molecular formula is C17H23NO3. The first-order valence-electron chi connectivity index (χ1n) is 7.75.